The number of amides is 2. The number of likely N-dealkylation sites (tertiary alicyclic amines) is 1. The Kier molecular flexibility index (Phi) is 4.57. The third-order valence-corrected chi connectivity index (χ3v) is 4.73. The highest BCUT2D eigenvalue weighted by molar-refractivity contribution is 5.95. The van der Waals surface area contributed by atoms with Crippen molar-refractivity contribution in [3.63, 3.8) is 0 Å². The quantitative estimate of drug-likeness (QED) is 0.852. The fraction of sp³-hybridized carbons (Fsp3) is 0.389. The van der Waals surface area contributed by atoms with Gasteiger partial charge in [0.15, 0.2) is 0 Å². The molecule has 2 amide bonds. The van der Waals surface area contributed by atoms with Gasteiger partial charge in [-0.15, -0.1) is 0 Å². The number of benzene rings is 1. The van der Waals surface area contributed by atoms with Crippen LogP contribution in [0.2, 0.25) is 0 Å². The molecule has 0 unspecified atom stereocenters. The number of carbonyl (C=O) groups is 2. The highest BCUT2D eigenvalue weighted by atomic mass is 19.1. The average molecular weight is 344 g/mol. The first-order valence-corrected chi connectivity index (χ1v) is 8.21. The molecular formula is C18H21FN4O2. The molecule has 1 aromatic carbocycles. The second-order valence-electron chi connectivity index (χ2n) is 6.45. The zero-order chi connectivity index (χ0) is 18.0. The van der Waals surface area contributed by atoms with Crippen LogP contribution in [0.5, 0.6) is 0 Å². The van der Waals surface area contributed by atoms with Crippen molar-refractivity contribution in [2.75, 3.05) is 27.2 Å². The number of carbonyl (C=O) groups excluding carboxylic acids is 2. The van der Waals surface area contributed by atoms with E-state index in [1.807, 2.05) is 0 Å². The lowest BCUT2D eigenvalue weighted by Crippen LogP contribution is -2.55. The van der Waals surface area contributed by atoms with Crippen molar-refractivity contribution in [1.29, 1.82) is 0 Å². The van der Waals surface area contributed by atoms with E-state index in [4.69, 9.17) is 0 Å². The second kappa shape index (κ2) is 6.66. The van der Waals surface area contributed by atoms with Gasteiger partial charge in [0.25, 0.3) is 5.91 Å². The van der Waals surface area contributed by atoms with E-state index < -0.39 is 11.4 Å². The lowest BCUT2D eigenvalue weighted by Gasteiger charge is -2.42. The summed E-state index contributed by atoms with van der Waals surface area (Å²) in [6, 6.07) is 7.74. The highest BCUT2D eigenvalue weighted by Gasteiger charge is 2.45. The highest BCUT2D eigenvalue weighted by Crippen LogP contribution is 2.32. The first kappa shape index (κ1) is 17.1. The molecule has 1 aliphatic heterocycles. The van der Waals surface area contributed by atoms with Gasteiger partial charge in [-0.3, -0.25) is 14.3 Å². The number of hydrogen-bond acceptors (Lipinski definition) is 3. The third-order valence-electron chi connectivity index (χ3n) is 4.73. The summed E-state index contributed by atoms with van der Waals surface area (Å²) in [6.07, 6.45) is 4.29. The second-order valence-corrected chi connectivity index (χ2v) is 6.45. The number of rotatable bonds is 3. The molecule has 0 bridgehead atoms. The van der Waals surface area contributed by atoms with Crippen molar-refractivity contribution in [3.8, 4) is 0 Å². The van der Waals surface area contributed by atoms with Crippen molar-refractivity contribution < 1.29 is 14.0 Å². The molecule has 0 spiro atoms. The van der Waals surface area contributed by atoms with Gasteiger partial charge in [0.05, 0.1) is 5.56 Å². The molecule has 132 valence electrons. The molecule has 6 nitrogen and oxygen atoms in total. The van der Waals surface area contributed by atoms with Gasteiger partial charge in [0.1, 0.15) is 11.4 Å². The predicted octanol–water partition coefficient (Wildman–Crippen LogP) is 1.74. The van der Waals surface area contributed by atoms with E-state index in [9.17, 15) is 14.0 Å². The van der Waals surface area contributed by atoms with Crippen molar-refractivity contribution in [2.24, 2.45) is 0 Å². The Morgan fingerprint density at radius 1 is 1.16 bits per heavy atom. The molecule has 0 N–H and O–H groups in total. The summed E-state index contributed by atoms with van der Waals surface area (Å²) in [5.41, 5.74) is -0.744. The SMILES string of the molecule is CN(C)C(=O)C1(n2cccn2)CCN(C(=O)c2ccccc2F)CC1. The fourth-order valence-corrected chi connectivity index (χ4v) is 3.36. The van der Waals surface area contributed by atoms with E-state index in [2.05, 4.69) is 5.10 Å². The van der Waals surface area contributed by atoms with Gasteiger partial charge in [0.2, 0.25) is 5.91 Å². The number of hydrogen-bond donors (Lipinski definition) is 0. The molecule has 25 heavy (non-hydrogen) atoms. The van der Waals surface area contributed by atoms with Gasteiger partial charge in [-0.25, -0.2) is 4.39 Å². The molecule has 2 aromatic rings. The Bertz CT molecular complexity index is 765. The van der Waals surface area contributed by atoms with Crippen LogP contribution in [-0.4, -0.2) is 58.6 Å². The predicted molar refractivity (Wildman–Crippen MR) is 90.4 cm³/mol. The minimum atomic E-state index is -0.807. The maximum absolute atomic E-state index is 13.9. The Balaban J connectivity index is 1.82. The molecular weight excluding hydrogens is 323 g/mol. The van der Waals surface area contributed by atoms with Crippen LogP contribution in [0.4, 0.5) is 4.39 Å². The standard InChI is InChI=1S/C18H21FN4O2/c1-21(2)17(25)18(23-11-5-10-20-23)8-12-22(13-9-18)16(24)14-6-3-4-7-15(14)19/h3-7,10-11H,8-9,12-13H2,1-2H3. The average Bonchev–Trinajstić information content (AvgIpc) is 3.16. The summed E-state index contributed by atoms with van der Waals surface area (Å²) in [6.45, 7) is 0.735. The number of halogens is 1. The number of nitrogens with zero attached hydrogens (tertiary/aromatic N) is 4. The van der Waals surface area contributed by atoms with Crippen molar-refractivity contribution in [2.45, 2.75) is 18.4 Å². The van der Waals surface area contributed by atoms with Gasteiger partial charge in [0, 0.05) is 39.6 Å². The summed E-state index contributed by atoms with van der Waals surface area (Å²) in [5, 5.41) is 4.26. The maximum atomic E-state index is 13.9. The van der Waals surface area contributed by atoms with E-state index in [0.717, 1.165) is 0 Å². The van der Waals surface area contributed by atoms with Crippen LogP contribution in [0.15, 0.2) is 42.7 Å². The monoisotopic (exact) mass is 344 g/mol. The Hall–Kier alpha value is -2.70. The summed E-state index contributed by atoms with van der Waals surface area (Å²) >= 11 is 0. The smallest absolute Gasteiger partial charge is 0.256 e. The van der Waals surface area contributed by atoms with Crippen LogP contribution in [0.3, 0.4) is 0 Å². The van der Waals surface area contributed by atoms with E-state index in [-0.39, 0.29) is 17.4 Å². The topological polar surface area (TPSA) is 58.4 Å². The van der Waals surface area contributed by atoms with Gasteiger partial charge in [-0.05, 0) is 31.0 Å². The van der Waals surface area contributed by atoms with Crippen molar-refractivity contribution >= 4 is 11.8 Å². The van der Waals surface area contributed by atoms with Crippen LogP contribution in [0.1, 0.15) is 23.2 Å². The molecule has 7 heteroatoms. The molecule has 1 fully saturated rings. The van der Waals surface area contributed by atoms with Crippen molar-refractivity contribution in [1.82, 2.24) is 19.6 Å². The summed E-state index contributed by atoms with van der Waals surface area (Å²) in [7, 11) is 3.43. The van der Waals surface area contributed by atoms with Gasteiger partial charge in [-0.2, -0.15) is 5.10 Å². The normalized spacial score (nSPS) is 16.5. The molecule has 1 aliphatic rings. The Morgan fingerprint density at radius 3 is 2.40 bits per heavy atom. The minimum absolute atomic E-state index is 0.0470. The summed E-state index contributed by atoms with van der Waals surface area (Å²) < 4.78 is 15.6. The molecule has 0 saturated carbocycles. The zero-order valence-electron chi connectivity index (χ0n) is 14.4. The summed E-state index contributed by atoms with van der Waals surface area (Å²) in [4.78, 5) is 28.6. The van der Waals surface area contributed by atoms with E-state index in [0.29, 0.717) is 25.9 Å². The van der Waals surface area contributed by atoms with E-state index in [1.54, 1.807) is 59.2 Å². The first-order valence-electron chi connectivity index (χ1n) is 8.21. The van der Waals surface area contributed by atoms with Crippen LogP contribution in [-0.2, 0) is 10.3 Å². The van der Waals surface area contributed by atoms with Crippen LogP contribution in [0.25, 0.3) is 0 Å². The molecule has 1 aromatic heterocycles. The fourth-order valence-electron chi connectivity index (χ4n) is 3.36. The van der Waals surface area contributed by atoms with Gasteiger partial charge < -0.3 is 9.80 Å². The Labute approximate surface area is 145 Å². The van der Waals surface area contributed by atoms with Crippen LogP contribution >= 0.6 is 0 Å². The number of aromatic nitrogens is 2. The molecule has 1 saturated heterocycles. The van der Waals surface area contributed by atoms with Crippen LogP contribution < -0.4 is 0 Å². The number of likely N-dealkylation sites (N-methyl/N-ethyl adjacent to an activating group) is 1. The van der Waals surface area contributed by atoms with Crippen LogP contribution in [0, 0.1) is 5.82 Å². The first-order chi connectivity index (χ1) is 12.0. The lowest BCUT2D eigenvalue weighted by atomic mass is 9.86. The zero-order valence-corrected chi connectivity index (χ0v) is 14.4. The summed E-state index contributed by atoms with van der Waals surface area (Å²) in [5.74, 6) is -0.917. The molecule has 0 radical (unpaired) electrons. The number of piperidine rings is 1. The van der Waals surface area contributed by atoms with Gasteiger partial charge >= 0.3 is 0 Å². The van der Waals surface area contributed by atoms with Crippen molar-refractivity contribution in [3.05, 3.63) is 54.1 Å². The molecule has 0 atom stereocenters. The largest absolute Gasteiger partial charge is 0.347 e. The molecule has 2 heterocycles. The Morgan fingerprint density at radius 2 is 1.84 bits per heavy atom. The van der Waals surface area contributed by atoms with E-state index in [1.165, 1.54) is 12.1 Å². The minimum Gasteiger partial charge on any atom is -0.347 e. The molecule has 0 aliphatic carbocycles. The lowest BCUT2D eigenvalue weighted by molar-refractivity contribution is -0.141. The third kappa shape index (κ3) is 3.01. The van der Waals surface area contributed by atoms with Gasteiger partial charge in [-0.1, -0.05) is 12.1 Å². The van der Waals surface area contributed by atoms with E-state index >= 15 is 0 Å². The maximum Gasteiger partial charge on any atom is 0.256 e. The molecule has 3 rings (SSSR count).